The highest BCUT2D eigenvalue weighted by molar-refractivity contribution is 7.25. The SMILES string of the molecule is c1ccc(-c2nc3c(o2)c(-c2ccc(N(c4ccc5c(c4)sc4ccccc45)c4ccccc4-c4ccccc4)cc2)cc2ccccc23)cc1. The number of nitrogens with zero attached hydrogens (tertiary/aromatic N) is 2. The monoisotopic (exact) mass is 670 g/mol. The maximum Gasteiger partial charge on any atom is 0.227 e. The molecule has 10 rings (SSSR count). The molecule has 240 valence electrons. The van der Waals surface area contributed by atoms with E-state index in [1.54, 1.807) is 0 Å². The predicted molar refractivity (Wildman–Crippen MR) is 215 cm³/mol. The molecule has 0 radical (unpaired) electrons. The average molecular weight is 671 g/mol. The minimum Gasteiger partial charge on any atom is -0.435 e. The van der Waals surface area contributed by atoms with Crippen LogP contribution < -0.4 is 4.90 Å². The molecular formula is C47H30N2OS. The molecule has 2 aromatic heterocycles. The highest BCUT2D eigenvalue weighted by atomic mass is 32.1. The number of thiophene rings is 1. The first-order chi connectivity index (χ1) is 25.3. The molecular weight excluding hydrogens is 641 g/mol. The fourth-order valence-corrected chi connectivity index (χ4v) is 8.40. The Morgan fingerprint density at radius 3 is 1.90 bits per heavy atom. The molecule has 10 aromatic rings. The van der Waals surface area contributed by atoms with Gasteiger partial charge in [0.1, 0.15) is 5.52 Å². The summed E-state index contributed by atoms with van der Waals surface area (Å²) in [4.78, 5) is 7.41. The normalized spacial score (nSPS) is 11.5. The molecule has 0 aliphatic heterocycles. The molecule has 0 spiro atoms. The van der Waals surface area contributed by atoms with Crippen molar-refractivity contribution in [2.45, 2.75) is 0 Å². The van der Waals surface area contributed by atoms with Crippen molar-refractivity contribution in [3.05, 3.63) is 182 Å². The van der Waals surface area contributed by atoms with Crippen LogP contribution in [0.2, 0.25) is 0 Å². The van der Waals surface area contributed by atoms with Crippen LogP contribution in [0.5, 0.6) is 0 Å². The molecule has 0 aliphatic carbocycles. The van der Waals surface area contributed by atoms with Crippen molar-refractivity contribution in [3.63, 3.8) is 0 Å². The maximum atomic E-state index is 6.57. The Bertz CT molecular complexity index is 2850. The number of hydrogen-bond donors (Lipinski definition) is 0. The second-order valence-corrected chi connectivity index (χ2v) is 13.8. The summed E-state index contributed by atoms with van der Waals surface area (Å²) in [5, 5.41) is 4.80. The summed E-state index contributed by atoms with van der Waals surface area (Å²) in [6.45, 7) is 0. The van der Waals surface area contributed by atoms with Gasteiger partial charge in [0.05, 0.1) is 5.69 Å². The standard InChI is InChI=1S/C47H30N2OS/c1-3-13-31(14-4-1)37-18-9-11-21-42(37)49(36-27-28-40-39-20-10-12-22-43(39)51-44(40)30-36)35-25-23-32(24-26-35)41-29-34-17-7-8-19-38(34)45-46(41)50-47(48-45)33-15-5-2-6-16-33/h1-30H. The number of rotatable bonds is 6. The molecule has 0 saturated carbocycles. The molecule has 0 fully saturated rings. The third-order valence-electron chi connectivity index (χ3n) is 9.70. The predicted octanol–water partition coefficient (Wildman–Crippen LogP) is 13.8. The maximum absolute atomic E-state index is 6.57. The van der Waals surface area contributed by atoms with Gasteiger partial charge < -0.3 is 9.32 Å². The lowest BCUT2D eigenvalue weighted by Gasteiger charge is -2.28. The van der Waals surface area contributed by atoms with Gasteiger partial charge in [-0.15, -0.1) is 11.3 Å². The lowest BCUT2D eigenvalue weighted by atomic mass is 9.98. The van der Waals surface area contributed by atoms with Crippen molar-refractivity contribution in [2.75, 3.05) is 4.90 Å². The molecule has 0 aliphatic rings. The van der Waals surface area contributed by atoms with E-state index >= 15 is 0 Å². The summed E-state index contributed by atoms with van der Waals surface area (Å²) in [6, 6.07) is 64.5. The Morgan fingerprint density at radius 2 is 1.08 bits per heavy atom. The van der Waals surface area contributed by atoms with E-state index in [0.29, 0.717) is 5.89 Å². The lowest BCUT2D eigenvalue weighted by molar-refractivity contribution is 0.621. The van der Waals surface area contributed by atoms with Crippen molar-refractivity contribution in [2.24, 2.45) is 0 Å². The first-order valence-electron chi connectivity index (χ1n) is 17.1. The van der Waals surface area contributed by atoms with E-state index in [1.807, 2.05) is 41.7 Å². The first kappa shape index (κ1) is 29.4. The number of oxazole rings is 1. The molecule has 0 bridgehead atoms. The van der Waals surface area contributed by atoms with Crippen LogP contribution in [0.15, 0.2) is 186 Å². The summed E-state index contributed by atoms with van der Waals surface area (Å²) in [5.41, 5.74) is 10.4. The number of aromatic nitrogens is 1. The highest BCUT2D eigenvalue weighted by Gasteiger charge is 2.20. The summed E-state index contributed by atoms with van der Waals surface area (Å²) < 4.78 is 9.14. The molecule has 0 saturated heterocycles. The number of fused-ring (bicyclic) bond motifs is 6. The van der Waals surface area contributed by atoms with Crippen molar-refractivity contribution in [3.8, 4) is 33.7 Å². The second-order valence-electron chi connectivity index (χ2n) is 12.8. The number of benzene rings is 8. The zero-order chi connectivity index (χ0) is 33.7. The molecule has 0 amide bonds. The Labute approximate surface area is 299 Å². The molecule has 8 aromatic carbocycles. The minimum atomic E-state index is 0.625. The first-order valence-corrected chi connectivity index (χ1v) is 17.9. The van der Waals surface area contributed by atoms with E-state index in [4.69, 9.17) is 9.40 Å². The summed E-state index contributed by atoms with van der Waals surface area (Å²) in [6.07, 6.45) is 0. The Balaban J connectivity index is 1.14. The Kier molecular flexibility index (Phi) is 7.00. The van der Waals surface area contributed by atoms with Crippen LogP contribution in [0.1, 0.15) is 0 Å². The van der Waals surface area contributed by atoms with Crippen molar-refractivity contribution in [1.29, 1.82) is 0 Å². The van der Waals surface area contributed by atoms with E-state index in [-0.39, 0.29) is 0 Å². The fourth-order valence-electron chi connectivity index (χ4n) is 7.26. The molecule has 0 atom stereocenters. The molecule has 2 heterocycles. The topological polar surface area (TPSA) is 29.3 Å². The summed E-state index contributed by atoms with van der Waals surface area (Å²) in [5.74, 6) is 0.625. The van der Waals surface area contributed by atoms with E-state index in [2.05, 4.69) is 157 Å². The van der Waals surface area contributed by atoms with Gasteiger partial charge >= 0.3 is 0 Å². The van der Waals surface area contributed by atoms with Gasteiger partial charge in [0.15, 0.2) is 5.58 Å². The molecule has 51 heavy (non-hydrogen) atoms. The van der Waals surface area contributed by atoms with E-state index in [9.17, 15) is 0 Å². The summed E-state index contributed by atoms with van der Waals surface area (Å²) >= 11 is 1.84. The van der Waals surface area contributed by atoms with Gasteiger partial charge in [-0.05, 0) is 71.1 Å². The Hall–Kier alpha value is -6.49. The number of para-hydroxylation sites is 1. The van der Waals surface area contributed by atoms with Crippen LogP contribution >= 0.6 is 11.3 Å². The summed E-state index contributed by atoms with van der Waals surface area (Å²) in [7, 11) is 0. The van der Waals surface area contributed by atoms with E-state index in [1.165, 1.54) is 31.3 Å². The van der Waals surface area contributed by atoms with Gasteiger partial charge in [0.25, 0.3) is 0 Å². The van der Waals surface area contributed by atoms with Crippen LogP contribution in [-0.2, 0) is 0 Å². The third kappa shape index (κ3) is 5.08. The van der Waals surface area contributed by atoms with Crippen LogP contribution in [-0.4, -0.2) is 4.98 Å². The second kappa shape index (κ2) is 12.1. The van der Waals surface area contributed by atoms with Crippen LogP contribution in [0, 0.1) is 0 Å². The van der Waals surface area contributed by atoms with Crippen LogP contribution in [0.3, 0.4) is 0 Å². The highest BCUT2D eigenvalue weighted by Crippen LogP contribution is 2.45. The van der Waals surface area contributed by atoms with E-state index in [0.717, 1.165) is 55.6 Å². The molecule has 3 nitrogen and oxygen atoms in total. The van der Waals surface area contributed by atoms with Gasteiger partial charge in [-0.3, -0.25) is 0 Å². The molecule has 4 heteroatoms. The van der Waals surface area contributed by atoms with Gasteiger partial charge in [-0.2, -0.15) is 0 Å². The van der Waals surface area contributed by atoms with Gasteiger partial charge in [-0.25, -0.2) is 4.98 Å². The zero-order valence-electron chi connectivity index (χ0n) is 27.5. The van der Waals surface area contributed by atoms with Crippen molar-refractivity contribution in [1.82, 2.24) is 4.98 Å². The van der Waals surface area contributed by atoms with Gasteiger partial charge in [0.2, 0.25) is 5.89 Å². The van der Waals surface area contributed by atoms with Gasteiger partial charge in [-0.1, -0.05) is 127 Å². The smallest absolute Gasteiger partial charge is 0.227 e. The quantitative estimate of drug-likeness (QED) is 0.176. The average Bonchev–Trinajstić information content (AvgIpc) is 3.82. The lowest BCUT2D eigenvalue weighted by Crippen LogP contribution is -2.11. The largest absolute Gasteiger partial charge is 0.435 e. The van der Waals surface area contributed by atoms with Crippen LogP contribution in [0.25, 0.3) is 75.8 Å². The number of anilines is 3. The van der Waals surface area contributed by atoms with E-state index < -0.39 is 0 Å². The number of hydrogen-bond acceptors (Lipinski definition) is 4. The molecule has 0 unspecified atom stereocenters. The van der Waals surface area contributed by atoms with Crippen LogP contribution in [0.4, 0.5) is 17.1 Å². The van der Waals surface area contributed by atoms with Crippen molar-refractivity contribution >= 4 is 70.4 Å². The third-order valence-corrected chi connectivity index (χ3v) is 10.8. The van der Waals surface area contributed by atoms with Gasteiger partial charge in [0, 0.05) is 53.6 Å². The zero-order valence-corrected chi connectivity index (χ0v) is 28.3. The minimum absolute atomic E-state index is 0.625. The molecule has 0 N–H and O–H groups in total. The fraction of sp³-hybridized carbons (Fsp3) is 0. The van der Waals surface area contributed by atoms with Crippen molar-refractivity contribution < 1.29 is 4.42 Å². The Morgan fingerprint density at radius 1 is 0.451 bits per heavy atom.